The highest BCUT2D eigenvalue weighted by molar-refractivity contribution is 7.20. The van der Waals surface area contributed by atoms with Crippen LogP contribution in [0, 0.1) is 0 Å². The summed E-state index contributed by atoms with van der Waals surface area (Å²) in [6.45, 7) is 2.44. The number of para-hydroxylation sites is 1. The van der Waals surface area contributed by atoms with Gasteiger partial charge in [0.2, 0.25) is 10.1 Å². The van der Waals surface area contributed by atoms with Crippen molar-refractivity contribution in [2.24, 2.45) is 0 Å². The molecule has 0 atom stereocenters. The summed E-state index contributed by atoms with van der Waals surface area (Å²) in [6, 6.07) is 14.3. The molecule has 130 valence electrons. The van der Waals surface area contributed by atoms with Crippen LogP contribution < -0.4 is 16.2 Å². The van der Waals surface area contributed by atoms with E-state index in [0.29, 0.717) is 38.8 Å². The molecule has 2 N–H and O–H groups in total. The molecule has 26 heavy (non-hydrogen) atoms. The molecule has 2 heterocycles. The summed E-state index contributed by atoms with van der Waals surface area (Å²) in [5.74, 6) is -0.135. The van der Waals surface area contributed by atoms with Crippen molar-refractivity contribution in [2.45, 2.75) is 6.92 Å². The third kappa shape index (κ3) is 2.91. The molecule has 0 spiro atoms. The molecule has 0 saturated carbocycles. The van der Waals surface area contributed by atoms with Gasteiger partial charge in [-0.25, -0.2) is 4.98 Å². The molecule has 0 unspecified atom stereocenters. The summed E-state index contributed by atoms with van der Waals surface area (Å²) in [6.07, 6.45) is 0. The molecule has 2 aromatic carbocycles. The number of hydrogen-bond donors (Lipinski definition) is 2. The first-order chi connectivity index (χ1) is 12.7. The maximum atomic E-state index is 12.6. The molecule has 4 aromatic rings. The summed E-state index contributed by atoms with van der Waals surface area (Å²) in [5, 5.41) is 11.3. The second-order valence-corrected chi connectivity index (χ2v) is 6.56. The van der Waals surface area contributed by atoms with Gasteiger partial charge in [-0.15, -0.1) is 5.10 Å². The van der Waals surface area contributed by atoms with Crippen LogP contribution in [0.1, 0.15) is 17.3 Å². The van der Waals surface area contributed by atoms with E-state index < -0.39 is 0 Å². The molecule has 0 radical (unpaired) electrons. The Hall–Kier alpha value is -3.26. The van der Waals surface area contributed by atoms with E-state index in [9.17, 15) is 9.59 Å². The van der Waals surface area contributed by atoms with E-state index >= 15 is 0 Å². The Kier molecular flexibility index (Phi) is 4.10. The highest BCUT2D eigenvalue weighted by atomic mass is 32.1. The monoisotopic (exact) mass is 365 g/mol. The van der Waals surface area contributed by atoms with Crippen LogP contribution in [0.2, 0.25) is 0 Å². The molecule has 2 aromatic heterocycles. The quantitative estimate of drug-likeness (QED) is 0.581. The van der Waals surface area contributed by atoms with Crippen molar-refractivity contribution >= 4 is 43.9 Å². The lowest BCUT2D eigenvalue weighted by molar-refractivity contribution is 0.0956. The SMILES string of the molecule is CCNC(=O)c1cccc(Nc2nn3c(=O)c4ccccc4nc3s2)c1. The molecule has 0 aliphatic heterocycles. The first kappa shape index (κ1) is 16.2. The predicted octanol–water partition coefficient (Wildman–Crippen LogP) is 2.80. The van der Waals surface area contributed by atoms with Crippen LogP contribution >= 0.6 is 11.3 Å². The number of rotatable bonds is 4. The number of nitrogens with one attached hydrogen (secondary N) is 2. The molecule has 0 aliphatic carbocycles. The van der Waals surface area contributed by atoms with Gasteiger partial charge in [0.25, 0.3) is 11.5 Å². The topological polar surface area (TPSA) is 88.4 Å². The highest BCUT2D eigenvalue weighted by Gasteiger charge is 2.11. The second-order valence-electron chi connectivity index (χ2n) is 5.60. The van der Waals surface area contributed by atoms with E-state index in [1.165, 1.54) is 15.9 Å². The van der Waals surface area contributed by atoms with Crippen LogP contribution in [0.5, 0.6) is 0 Å². The lowest BCUT2D eigenvalue weighted by atomic mass is 10.2. The molecule has 0 bridgehead atoms. The summed E-state index contributed by atoms with van der Waals surface area (Å²) >= 11 is 1.27. The minimum absolute atomic E-state index is 0.135. The predicted molar refractivity (Wildman–Crippen MR) is 102 cm³/mol. The normalized spacial score (nSPS) is 11.0. The fraction of sp³-hybridized carbons (Fsp3) is 0.111. The summed E-state index contributed by atoms with van der Waals surface area (Å²) < 4.78 is 1.29. The third-order valence-electron chi connectivity index (χ3n) is 3.82. The van der Waals surface area contributed by atoms with Gasteiger partial charge in [-0.1, -0.05) is 29.5 Å². The smallest absolute Gasteiger partial charge is 0.283 e. The van der Waals surface area contributed by atoms with Crippen LogP contribution in [0.25, 0.3) is 15.9 Å². The Morgan fingerprint density at radius 3 is 2.88 bits per heavy atom. The fourth-order valence-corrected chi connectivity index (χ4v) is 3.45. The first-order valence-electron chi connectivity index (χ1n) is 8.09. The molecule has 0 saturated heterocycles. The van der Waals surface area contributed by atoms with E-state index in [2.05, 4.69) is 20.7 Å². The zero-order chi connectivity index (χ0) is 18.1. The van der Waals surface area contributed by atoms with Crippen LogP contribution in [0.3, 0.4) is 0 Å². The molecule has 0 aliphatic rings. The van der Waals surface area contributed by atoms with E-state index in [0.717, 1.165) is 0 Å². The lowest BCUT2D eigenvalue weighted by Gasteiger charge is -2.05. The minimum Gasteiger partial charge on any atom is -0.352 e. The number of fused-ring (bicyclic) bond motifs is 2. The molecular weight excluding hydrogens is 350 g/mol. The van der Waals surface area contributed by atoms with E-state index in [-0.39, 0.29) is 11.5 Å². The molecule has 7 nitrogen and oxygen atoms in total. The highest BCUT2D eigenvalue weighted by Crippen LogP contribution is 2.23. The Balaban J connectivity index is 1.71. The zero-order valence-electron chi connectivity index (χ0n) is 13.9. The van der Waals surface area contributed by atoms with Gasteiger partial charge < -0.3 is 10.6 Å². The maximum Gasteiger partial charge on any atom is 0.283 e. The number of aromatic nitrogens is 3. The Morgan fingerprint density at radius 1 is 1.19 bits per heavy atom. The van der Waals surface area contributed by atoms with Gasteiger partial charge in [0, 0.05) is 17.8 Å². The lowest BCUT2D eigenvalue weighted by Crippen LogP contribution is -2.22. The molecule has 1 amide bonds. The maximum absolute atomic E-state index is 12.6. The molecule has 8 heteroatoms. The second kappa shape index (κ2) is 6.57. The van der Waals surface area contributed by atoms with Crippen molar-refractivity contribution in [1.82, 2.24) is 19.9 Å². The Labute approximate surface area is 152 Å². The number of carbonyl (C=O) groups excluding carboxylic acids is 1. The Morgan fingerprint density at radius 2 is 2.04 bits per heavy atom. The summed E-state index contributed by atoms with van der Waals surface area (Å²) in [4.78, 5) is 29.5. The van der Waals surface area contributed by atoms with Crippen molar-refractivity contribution in [3.8, 4) is 0 Å². The minimum atomic E-state index is -0.203. The molecular formula is C18H15N5O2S. The van der Waals surface area contributed by atoms with Gasteiger partial charge >= 0.3 is 0 Å². The van der Waals surface area contributed by atoms with Gasteiger partial charge in [-0.3, -0.25) is 9.59 Å². The standard InChI is InChI=1S/C18H15N5O2S/c1-2-19-15(24)11-6-5-7-12(10-11)20-17-22-23-16(25)13-8-3-4-9-14(13)21-18(23)26-17/h3-10H,2H2,1H3,(H,19,24)(H,20,22). The van der Waals surface area contributed by atoms with Crippen LogP contribution in [-0.4, -0.2) is 27.0 Å². The summed E-state index contributed by atoms with van der Waals surface area (Å²) in [7, 11) is 0. The van der Waals surface area contributed by atoms with Crippen LogP contribution in [-0.2, 0) is 0 Å². The van der Waals surface area contributed by atoms with Crippen molar-refractivity contribution in [1.29, 1.82) is 0 Å². The number of amides is 1. The van der Waals surface area contributed by atoms with E-state index in [1.54, 1.807) is 36.4 Å². The summed E-state index contributed by atoms with van der Waals surface area (Å²) in [5.41, 5.74) is 1.71. The number of carbonyl (C=O) groups is 1. The van der Waals surface area contributed by atoms with Gasteiger partial charge in [0.1, 0.15) is 0 Å². The fourth-order valence-electron chi connectivity index (χ4n) is 2.63. The number of hydrogen-bond acceptors (Lipinski definition) is 6. The number of nitrogens with zero attached hydrogens (tertiary/aromatic N) is 3. The van der Waals surface area contributed by atoms with Gasteiger partial charge in [-0.05, 0) is 37.3 Å². The van der Waals surface area contributed by atoms with Crippen molar-refractivity contribution in [3.63, 3.8) is 0 Å². The average molecular weight is 365 g/mol. The number of anilines is 2. The van der Waals surface area contributed by atoms with Crippen molar-refractivity contribution in [2.75, 3.05) is 11.9 Å². The Bertz CT molecular complexity index is 1180. The van der Waals surface area contributed by atoms with Crippen LogP contribution in [0.4, 0.5) is 10.8 Å². The largest absolute Gasteiger partial charge is 0.352 e. The van der Waals surface area contributed by atoms with Gasteiger partial charge in [0.15, 0.2) is 0 Å². The zero-order valence-corrected chi connectivity index (χ0v) is 14.7. The molecule has 4 rings (SSSR count). The van der Waals surface area contributed by atoms with Crippen molar-refractivity contribution in [3.05, 3.63) is 64.4 Å². The van der Waals surface area contributed by atoms with E-state index in [4.69, 9.17) is 0 Å². The third-order valence-corrected chi connectivity index (χ3v) is 4.64. The first-order valence-corrected chi connectivity index (χ1v) is 8.91. The van der Waals surface area contributed by atoms with Crippen molar-refractivity contribution < 1.29 is 4.79 Å². The van der Waals surface area contributed by atoms with E-state index in [1.807, 2.05) is 19.1 Å². The average Bonchev–Trinajstić information content (AvgIpc) is 3.05. The van der Waals surface area contributed by atoms with Gasteiger partial charge in [0.05, 0.1) is 10.9 Å². The number of benzene rings is 2. The molecule has 0 fully saturated rings. The van der Waals surface area contributed by atoms with Crippen LogP contribution in [0.15, 0.2) is 53.3 Å². The van der Waals surface area contributed by atoms with Gasteiger partial charge in [-0.2, -0.15) is 4.52 Å².